The summed E-state index contributed by atoms with van der Waals surface area (Å²) in [5.74, 6) is 0.117. The van der Waals surface area contributed by atoms with Gasteiger partial charge < -0.3 is 10.2 Å². The van der Waals surface area contributed by atoms with Gasteiger partial charge in [0.15, 0.2) is 0 Å². The molecule has 0 spiro atoms. The Balaban J connectivity index is 1.36. The van der Waals surface area contributed by atoms with Crippen molar-refractivity contribution in [2.45, 2.75) is 45.6 Å². The number of benzene rings is 2. The molecule has 0 atom stereocenters. The Morgan fingerprint density at radius 1 is 0.963 bits per heavy atom. The van der Waals surface area contributed by atoms with Gasteiger partial charge in [-0.15, -0.1) is 0 Å². The van der Waals surface area contributed by atoms with Gasteiger partial charge in [0, 0.05) is 32.5 Å². The lowest BCUT2D eigenvalue weighted by Crippen LogP contribution is -2.38. The number of nitrogens with zero attached hydrogens (tertiary/aromatic N) is 1. The molecule has 0 aromatic heterocycles. The predicted octanol–water partition coefficient (Wildman–Crippen LogP) is 3.27. The molecule has 3 rings (SSSR count). The van der Waals surface area contributed by atoms with Crippen molar-refractivity contribution in [2.24, 2.45) is 0 Å². The van der Waals surface area contributed by atoms with Crippen LogP contribution in [0.5, 0.6) is 0 Å². The van der Waals surface area contributed by atoms with E-state index in [0.29, 0.717) is 25.9 Å². The van der Waals surface area contributed by atoms with Crippen LogP contribution in [0.1, 0.15) is 42.0 Å². The Morgan fingerprint density at radius 2 is 1.67 bits per heavy atom. The van der Waals surface area contributed by atoms with Gasteiger partial charge in [0.2, 0.25) is 11.8 Å². The van der Waals surface area contributed by atoms with Crippen molar-refractivity contribution in [2.75, 3.05) is 13.1 Å². The molecule has 0 aliphatic carbocycles. The van der Waals surface area contributed by atoms with E-state index < -0.39 is 0 Å². The fraction of sp³-hybridized carbons (Fsp3) is 0.391. The number of nitrogens with one attached hydrogen (secondary N) is 1. The second-order valence-electron chi connectivity index (χ2n) is 7.10. The number of carbonyl (C=O) groups is 2. The first-order valence-corrected chi connectivity index (χ1v) is 9.85. The molecule has 142 valence electrons. The normalized spacial score (nSPS) is 13.1. The molecule has 2 aromatic carbocycles. The van der Waals surface area contributed by atoms with Gasteiger partial charge >= 0.3 is 0 Å². The van der Waals surface area contributed by atoms with Crippen molar-refractivity contribution in [3.8, 4) is 0 Å². The molecule has 1 aliphatic heterocycles. The van der Waals surface area contributed by atoms with Crippen molar-refractivity contribution in [3.63, 3.8) is 0 Å². The van der Waals surface area contributed by atoms with E-state index in [1.807, 2.05) is 17.0 Å². The molecule has 0 saturated heterocycles. The second kappa shape index (κ2) is 9.36. The Labute approximate surface area is 161 Å². The summed E-state index contributed by atoms with van der Waals surface area (Å²) in [6, 6.07) is 16.7. The standard InChI is InChI=1S/C23H28N2O2/c1-2-18-7-9-19(10-8-18)11-12-22(26)24-15-13-23(27)25-16-14-20-5-3-4-6-21(20)17-25/h3-10H,2,11-17H2,1H3,(H,24,26). The Kier molecular flexibility index (Phi) is 6.64. The van der Waals surface area contributed by atoms with Crippen LogP contribution in [0.15, 0.2) is 48.5 Å². The molecule has 1 N–H and O–H groups in total. The molecule has 1 aliphatic rings. The van der Waals surface area contributed by atoms with Crippen LogP contribution < -0.4 is 5.32 Å². The summed E-state index contributed by atoms with van der Waals surface area (Å²) in [5.41, 5.74) is 5.05. The first-order chi connectivity index (χ1) is 13.2. The van der Waals surface area contributed by atoms with Gasteiger partial charge in [0.25, 0.3) is 0 Å². The summed E-state index contributed by atoms with van der Waals surface area (Å²) < 4.78 is 0. The van der Waals surface area contributed by atoms with E-state index in [0.717, 1.165) is 25.8 Å². The number of fused-ring (bicyclic) bond motifs is 1. The maximum absolute atomic E-state index is 12.4. The van der Waals surface area contributed by atoms with E-state index in [4.69, 9.17) is 0 Å². The minimum absolute atomic E-state index is 0.00589. The van der Waals surface area contributed by atoms with Crippen molar-refractivity contribution < 1.29 is 9.59 Å². The number of amides is 2. The molecular formula is C23H28N2O2. The smallest absolute Gasteiger partial charge is 0.224 e. The van der Waals surface area contributed by atoms with E-state index in [1.54, 1.807) is 0 Å². The quantitative estimate of drug-likeness (QED) is 0.820. The van der Waals surface area contributed by atoms with Gasteiger partial charge in [-0.3, -0.25) is 9.59 Å². The number of rotatable bonds is 7. The van der Waals surface area contributed by atoms with Gasteiger partial charge in [-0.25, -0.2) is 0 Å². The zero-order valence-electron chi connectivity index (χ0n) is 16.0. The average molecular weight is 364 g/mol. The number of carbonyl (C=O) groups excluding carboxylic acids is 2. The Morgan fingerprint density at radius 3 is 2.41 bits per heavy atom. The summed E-state index contributed by atoms with van der Waals surface area (Å²) >= 11 is 0. The SMILES string of the molecule is CCc1ccc(CCC(=O)NCCC(=O)N2CCc3ccccc3C2)cc1. The molecule has 1 heterocycles. The molecular weight excluding hydrogens is 336 g/mol. The molecule has 0 bridgehead atoms. The predicted molar refractivity (Wildman–Crippen MR) is 107 cm³/mol. The molecule has 27 heavy (non-hydrogen) atoms. The van der Waals surface area contributed by atoms with Gasteiger partial charge in [-0.2, -0.15) is 0 Å². The van der Waals surface area contributed by atoms with Crippen LogP contribution in [-0.2, 0) is 35.4 Å². The van der Waals surface area contributed by atoms with Crippen molar-refractivity contribution >= 4 is 11.8 Å². The lowest BCUT2D eigenvalue weighted by molar-refractivity contribution is -0.132. The van der Waals surface area contributed by atoms with Crippen LogP contribution in [-0.4, -0.2) is 29.8 Å². The zero-order valence-corrected chi connectivity index (χ0v) is 16.0. The van der Waals surface area contributed by atoms with Gasteiger partial charge in [-0.05, 0) is 41.5 Å². The lowest BCUT2D eigenvalue weighted by atomic mass is 10.00. The van der Waals surface area contributed by atoms with Crippen molar-refractivity contribution in [1.29, 1.82) is 0 Å². The fourth-order valence-electron chi connectivity index (χ4n) is 3.46. The highest BCUT2D eigenvalue weighted by Gasteiger charge is 2.19. The molecule has 0 fully saturated rings. The van der Waals surface area contributed by atoms with Crippen LogP contribution in [0.2, 0.25) is 0 Å². The number of hydrogen-bond donors (Lipinski definition) is 1. The van der Waals surface area contributed by atoms with Gasteiger partial charge in [0.1, 0.15) is 0 Å². The summed E-state index contributed by atoms with van der Waals surface area (Å²) in [5, 5.41) is 2.88. The van der Waals surface area contributed by atoms with Crippen LogP contribution in [0, 0.1) is 0 Å². The van der Waals surface area contributed by atoms with Crippen LogP contribution in [0.25, 0.3) is 0 Å². The maximum atomic E-state index is 12.4. The maximum Gasteiger partial charge on any atom is 0.224 e. The van der Waals surface area contributed by atoms with Crippen molar-refractivity contribution in [1.82, 2.24) is 10.2 Å². The van der Waals surface area contributed by atoms with Crippen molar-refractivity contribution in [3.05, 3.63) is 70.8 Å². The van der Waals surface area contributed by atoms with E-state index in [2.05, 4.69) is 48.6 Å². The molecule has 0 radical (unpaired) electrons. The third-order valence-corrected chi connectivity index (χ3v) is 5.22. The largest absolute Gasteiger partial charge is 0.356 e. The minimum atomic E-state index is 0.00589. The van der Waals surface area contributed by atoms with E-state index in [9.17, 15) is 9.59 Å². The Bertz CT molecular complexity index is 783. The molecule has 2 amide bonds. The summed E-state index contributed by atoms with van der Waals surface area (Å²) in [4.78, 5) is 26.3. The topological polar surface area (TPSA) is 49.4 Å². The average Bonchev–Trinajstić information content (AvgIpc) is 2.72. The van der Waals surface area contributed by atoms with E-state index >= 15 is 0 Å². The first kappa shape index (κ1) is 19.2. The molecule has 4 heteroatoms. The van der Waals surface area contributed by atoms with E-state index in [-0.39, 0.29) is 11.8 Å². The fourth-order valence-corrected chi connectivity index (χ4v) is 3.46. The third-order valence-electron chi connectivity index (χ3n) is 5.22. The first-order valence-electron chi connectivity index (χ1n) is 9.85. The highest BCUT2D eigenvalue weighted by molar-refractivity contribution is 5.79. The van der Waals surface area contributed by atoms with Gasteiger partial charge in [0.05, 0.1) is 0 Å². The van der Waals surface area contributed by atoms with Crippen LogP contribution >= 0.6 is 0 Å². The van der Waals surface area contributed by atoms with E-state index in [1.165, 1.54) is 22.3 Å². The number of aryl methyl sites for hydroxylation is 2. The molecule has 2 aromatic rings. The third kappa shape index (κ3) is 5.43. The molecule has 4 nitrogen and oxygen atoms in total. The minimum Gasteiger partial charge on any atom is -0.356 e. The molecule has 0 saturated carbocycles. The molecule has 0 unspecified atom stereocenters. The van der Waals surface area contributed by atoms with Crippen LogP contribution in [0.4, 0.5) is 0 Å². The Hall–Kier alpha value is -2.62. The van der Waals surface area contributed by atoms with Gasteiger partial charge in [-0.1, -0.05) is 55.5 Å². The number of hydrogen-bond acceptors (Lipinski definition) is 2. The lowest BCUT2D eigenvalue weighted by Gasteiger charge is -2.29. The second-order valence-corrected chi connectivity index (χ2v) is 7.10. The highest BCUT2D eigenvalue weighted by atomic mass is 16.2. The summed E-state index contributed by atoms with van der Waals surface area (Å²) in [7, 11) is 0. The summed E-state index contributed by atoms with van der Waals surface area (Å²) in [6.45, 7) is 3.98. The zero-order chi connectivity index (χ0) is 19.1. The highest BCUT2D eigenvalue weighted by Crippen LogP contribution is 2.18. The monoisotopic (exact) mass is 364 g/mol. The van der Waals surface area contributed by atoms with Crippen LogP contribution in [0.3, 0.4) is 0 Å². The summed E-state index contributed by atoms with van der Waals surface area (Å²) in [6.07, 6.45) is 3.48.